The molecule has 2 nitrogen and oxygen atoms in total. The van der Waals surface area contributed by atoms with Crippen LogP contribution in [0.3, 0.4) is 0 Å². The van der Waals surface area contributed by atoms with Crippen LogP contribution < -0.4 is 0 Å². The zero-order valence-electron chi connectivity index (χ0n) is 2.02. The Balaban J connectivity index is 0. The Morgan fingerprint density at radius 1 is 0.800 bits per heavy atom. The van der Waals surface area contributed by atoms with E-state index in [1.54, 1.807) is 0 Å². The SMILES string of the molecule is [O-2].[O-2].[SiH4].[Sn+4].[Zn]. The molecule has 0 saturated carbocycles. The van der Waals surface area contributed by atoms with Crippen LogP contribution >= 0.6 is 0 Å². The summed E-state index contributed by atoms with van der Waals surface area (Å²) in [7, 11) is 0. The molecule has 0 aliphatic carbocycles. The van der Waals surface area contributed by atoms with E-state index in [9.17, 15) is 0 Å². The predicted molar refractivity (Wildman–Crippen MR) is 18.5 cm³/mol. The topological polar surface area (TPSA) is 57.0 Å². The van der Waals surface area contributed by atoms with Gasteiger partial charge in [-0.25, -0.2) is 0 Å². The maximum Gasteiger partial charge on any atom is 4.00 e. The number of rotatable bonds is 0. The van der Waals surface area contributed by atoms with Gasteiger partial charge in [0.25, 0.3) is 0 Å². The Morgan fingerprint density at radius 3 is 0.800 bits per heavy atom. The van der Waals surface area contributed by atoms with E-state index < -0.39 is 0 Å². The normalized spacial score (nSPS) is 0. The average Bonchev–Trinajstić information content (AvgIpc) is 0. The van der Waals surface area contributed by atoms with E-state index in [2.05, 4.69) is 0 Å². The summed E-state index contributed by atoms with van der Waals surface area (Å²) < 4.78 is 0. The van der Waals surface area contributed by atoms with Crippen molar-refractivity contribution in [2.24, 2.45) is 0 Å². The molecule has 0 rings (SSSR count). The van der Waals surface area contributed by atoms with Gasteiger partial charge in [0.2, 0.25) is 0 Å². The first-order valence-corrected chi connectivity index (χ1v) is 0. The average molecular weight is 248 g/mol. The third kappa shape index (κ3) is 29.0. The van der Waals surface area contributed by atoms with Crippen molar-refractivity contribution >= 4 is 34.9 Å². The fourth-order valence-electron chi connectivity index (χ4n) is 0. The molecule has 0 saturated heterocycles. The van der Waals surface area contributed by atoms with Gasteiger partial charge in [0.15, 0.2) is 0 Å². The molecular weight excluding hydrogens is 244 g/mol. The number of hydrogen-bond donors (Lipinski definition) is 0. The molecule has 0 aromatic heterocycles. The fourth-order valence-corrected chi connectivity index (χ4v) is 0. The second-order valence-corrected chi connectivity index (χ2v) is 0. The molecule has 0 radical (unpaired) electrons. The molecular formula is H4O2SiSnZn. The quantitative estimate of drug-likeness (QED) is 0.442. The summed E-state index contributed by atoms with van der Waals surface area (Å²) in [4.78, 5) is 0. The van der Waals surface area contributed by atoms with Crippen molar-refractivity contribution in [3.63, 3.8) is 0 Å². The van der Waals surface area contributed by atoms with Crippen LogP contribution in [0.4, 0.5) is 0 Å². The summed E-state index contributed by atoms with van der Waals surface area (Å²) in [6, 6.07) is 0. The summed E-state index contributed by atoms with van der Waals surface area (Å²) in [5.74, 6) is 0. The van der Waals surface area contributed by atoms with Crippen LogP contribution in [0.1, 0.15) is 0 Å². The van der Waals surface area contributed by atoms with E-state index in [-0.39, 0.29) is 65.3 Å². The molecule has 0 aliphatic rings. The second-order valence-electron chi connectivity index (χ2n) is 0. The van der Waals surface area contributed by atoms with Gasteiger partial charge in [0, 0.05) is 19.5 Å². The molecule has 5 heavy (non-hydrogen) atoms. The van der Waals surface area contributed by atoms with Gasteiger partial charge in [-0.1, -0.05) is 0 Å². The molecule has 0 unspecified atom stereocenters. The third-order valence-corrected chi connectivity index (χ3v) is 0. The van der Waals surface area contributed by atoms with Crippen LogP contribution in [0.25, 0.3) is 0 Å². The molecule has 0 aromatic carbocycles. The molecule has 26 valence electrons. The monoisotopic (exact) mass is 248 g/mol. The molecule has 0 amide bonds. The minimum absolute atomic E-state index is 0. The van der Waals surface area contributed by atoms with E-state index in [4.69, 9.17) is 0 Å². The zero-order valence-corrected chi connectivity index (χ0v) is 7.84. The van der Waals surface area contributed by atoms with E-state index in [0.29, 0.717) is 0 Å². The van der Waals surface area contributed by atoms with Gasteiger partial charge in [-0.05, 0) is 11.0 Å². The Hall–Kier alpha value is 1.56. The molecule has 0 fully saturated rings. The summed E-state index contributed by atoms with van der Waals surface area (Å²) in [5.41, 5.74) is 0. The molecule has 0 atom stereocenters. The van der Waals surface area contributed by atoms with Crippen LogP contribution in [-0.4, -0.2) is 34.9 Å². The van der Waals surface area contributed by atoms with Crippen molar-refractivity contribution in [3.05, 3.63) is 0 Å². The van der Waals surface area contributed by atoms with Crippen molar-refractivity contribution in [2.45, 2.75) is 0 Å². The van der Waals surface area contributed by atoms with Crippen LogP contribution in [0.2, 0.25) is 0 Å². The van der Waals surface area contributed by atoms with E-state index >= 15 is 0 Å². The van der Waals surface area contributed by atoms with E-state index in [1.807, 2.05) is 0 Å². The Morgan fingerprint density at radius 2 is 0.800 bits per heavy atom. The van der Waals surface area contributed by atoms with E-state index in [0.717, 1.165) is 0 Å². The summed E-state index contributed by atoms with van der Waals surface area (Å²) in [5, 5.41) is 0. The van der Waals surface area contributed by atoms with Crippen LogP contribution in [0.5, 0.6) is 0 Å². The smallest absolute Gasteiger partial charge is 2.00 e. The van der Waals surface area contributed by atoms with Gasteiger partial charge in [-0.3, -0.25) is 0 Å². The molecule has 0 aliphatic heterocycles. The fraction of sp³-hybridized carbons (Fsp3) is 0. The van der Waals surface area contributed by atoms with Gasteiger partial charge in [0.05, 0.1) is 0 Å². The molecule has 0 N–H and O–H groups in total. The molecule has 0 bridgehead atoms. The summed E-state index contributed by atoms with van der Waals surface area (Å²) >= 11 is 0. The van der Waals surface area contributed by atoms with E-state index in [1.165, 1.54) is 0 Å². The largest absolute Gasteiger partial charge is 4.00 e. The molecule has 0 aromatic rings. The van der Waals surface area contributed by atoms with Crippen molar-refractivity contribution in [1.82, 2.24) is 0 Å². The Bertz CT molecular complexity index is 9.61. The first kappa shape index (κ1) is 83.4. The van der Waals surface area contributed by atoms with Crippen LogP contribution in [-0.2, 0) is 30.4 Å². The third-order valence-electron chi connectivity index (χ3n) is 0. The van der Waals surface area contributed by atoms with Crippen molar-refractivity contribution in [2.75, 3.05) is 0 Å². The molecule has 0 heterocycles. The summed E-state index contributed by atoms with van der Waals surface area (Å²) in [6.45, 7) is 0. The van der Waals surface area contributed by atoms with Gasteiger partial charge in [0.1, 0.15) is 0 Å². The molecule has 0 spiro atoms. The van der Waals surface area contributed by atoms with Gasteiger partial charge >= 0.3 is 23.9 Å². The van der Waals surface area contributed by atoms with Gasteiger partial charge in [-0.2, -0.15) is 0 Å². The second kappa shape index (κ2) is 47.5. The first-order valence-electron chi connectivity index (χ1n) is 0. The summed E-state index contributed by atoms with van der Waals surface area (Å²) in [6.07, 6.45) is 0. The maximum absolute atomic E-state index is 0. The van der Waals surface area contributed by atoms with Crippen molar-refractivity contribution in [1.29, 1.82) is 0 Å². The van der Waals surface area contributed by atoms with Gasteiger partial charge in [-0.15, -0.1) is 0 Å². The predicted octanol–water partition coefficient (Wildman–Crippen LogP) is -2.07. The standard InChI is InChI=1S/2O.H4Si.Sn.Zn/h;;1H4;;/q2*-2;;+4;. The molecule has 5 heteroatoms. The van der Waals surface area contributed by atoms with Crippen molar-refractivity contribution < 1.29 is 30.4 Å². The number of hydrogen-bond acceptors (Lipinski definition) is 0. The Labute approximate surface area is 65.1 Å². The first-order chi connectivity index (χ1) is 0. The van der Waals surface area contributed by atoms with Crippen LogP contribution in [0.15, 0.2) is 0 Å². The maximum atomic E-state index is 0. The minimum atomic E-state index is 0. The minimum Gasteiger partial charge on any atom is -2.00 e. The van der Waals surface area contributed by atoms with Crippen LogP contribution in [0, 0.1) is 0 Å². The Kier molecular flexibility index (Phi) is 793. The zero-order chi connectivity index (χ0) is 0. The van der Waals surface area contributed by atoms with Crippen molar-refractivity contribution in [3.8, 4) is 0 Å². The van der Waals surface area contributed by atoms with Gasteiger partial charge < -0.3 is 11.0 Å².